The molecule has 0 spiro atoms. The Balaban J connectivity index is 2.52. The standard InChI is InChI=1S/C15H16Br2S/c1-8-5-9(2)13(10(3)6-8)14(17)15-12(16)7-11(4)18-15/h5-7,14H,1-4H3. The molecule has 0 amide bonds. The molecule has 0 bridgehead atoms. The molecule has 96 valence electrons. The summed E-state index contributed by atoms with van der Waals surface area (Å²) in [5, 5.41) is 0. The molecule has 2 aromatic rings. The van der Waals surface area contributed by atoms with E-state index in [1.54, 1.807) is 0 Å². The summed E-state index contributed by atoms with van der Waals surface area (Å²) in [7, 11) is 0. The molecule has 1 unspecified atom stereocenters. The van der Waals surface area contributed by atoms with Gasteiger partial charge in [-0.3, -0.25) is 0 Å². The van der Waals surface area contributed by atoms with Gasteiger partial charge in [-0.15, -0.1) is 11.3 Å². The molecule has 1 aromatic heterocycles. The molecule has 1 heterocycles. The third-order valence-electron chi connectivity index (χ3n) is 3.06. The van der Waals surface area contributed by atoms with Crippen molar-refractivity contribution in [1.82, 2.24) is 0 Å². The van der Waals surface area contributed by atoms with Gasteiger partial charge in [0.05, 0.1) is 4.83 Å². The molecule has 0 aliphatic carbocycles. The van der Waals surface area contributed by atoms with Crippen LogP contribution in [-0.2, 0) is 0 Å². The number of thiophene rings is 1. The summed E-state index contributed by atoms with van der Waals surface area (Å²) in [6.07, 6.45) is 0. The van der Waals surface area contributed by atoms with Crippen molar-refractivity contribution in [3.05, 3.63) is 54.7 Å². The van der Waals surface area contributed by atoms with Gasteiger partial charge in [0.1, 0.15) is 0 Å². The average Bonchev–Trinajstić information content (AvgIpc) is 2.56. The lowest BCUT2D eigenvalue weighted by molar-refractivity contribution is 1.12. The Labute approximate surface area is 130 Å². The highest BCUT2D eigenvalue weighted by atomic mass is 79.9. The highest BCUT2D eigenvalue weighted by Crippen LogP contribution is 2.42. The summed E-state index contributed by atoms with van der Waals surface area (Å²) in [4.78, 5) is 2.96. The summed E-state index contributed by atoms with van der Waals surface area (Å²) < 4.78 is 1.20. The Hall–Kier alpha value is -0.120. The molecule has 0 fully saturated rings. The fraction of sp³-hybridized carbons (Fsp3) is 0.333. The lowest BCUT2D eigenvalue weighted by Crippen LogP contribution is -1.99. The lowest BCUT2D eigenvalue weighted by Gasteiger charge is -2.16. The fourth-order valence-electron chi connectivity index (χ4n) is 2.40. The lowest BCUT2D eigenvalue weighted by atomic mass is 9.97. The number of benzene rings is 1. The second-order valence-corrected chi connectivity index (χ2v) is 7.80. The average molecular weight is 388 g/mol. The maximum absolute atomic E-state index is 3.86. The normalized spacial score (nSPS) is 12.8. The van der Waals surface area contributed by atoms with Crippen molar-refractivity contribution in [1.29, 1.82) is 0 Å². The summed E-state index contributed by atoms with van der Waals surface area (Å²) >= 11 is 9.37. The minimum atomic E-state index is 0.270. The van der Waals surface area contributed by atoms with E-state index < -0.39 is 0 Å². The maximum Gasteiger partial charge on any atom is 0.0754 e. The van der Waals surface area contributed by atoms with Crippen LogP contribution in [0, 0.1) is 27.7 Å². The van der Waals surface area contributed by atoms with E-state index >= 15 is 0 Å². The monoisotopic (exact) mass is 386 g/mol. The van der Waals surface area contributed by atoms with E-state index in [0.717, 1.165) is 0 Å². The van der Waals surface area contributed by atoms with Crippen LogP contribution < -0.4 is 0 Å². The SMILES string of the molecule is Cc1cc(C)c(C(Br)c2sc(C)cc2Br)c(C)c1. The number of aryl methyl sites for hydroxylation is 4. The van der Waals surface area contributed by atoms with Gasteiger partial charge in [-0.1, -0.05) is 33.6 Å². The van der Waals surface area contributed by atoms with Gasteiger partial charge in [-0.25, -0.2) is 0 Å². The van der Waals surface area contributed by atoms with Crippen LogP contribution in [0.2, 0.25) is 0 Å². The molecular formula is C15H16Br2S. The molecule has 2 rings (SSSR count). The van der Waals surface area contributed by atoms with Crippen LogP contribution in [0.4, 0.5) is 0 Å². The molecular weight excluding hydrogens is 372 g/mol. The molecule has 0 N–H and O–H groups in total. The van der Waals surface area contributed by atoms with E-state index in [-0.39, 0.29) is 4.83 Å². The first-order valence-electron chi connectivity index (χ1n) is 5.87. The van der Waals surface area contributed by atoms with E-state index in [1.807, 2.05) is 11.3 Å². The molecule has 0 saturated carbocycles. The topological polar surface area (TPSA) is 0 Å². The molecule has 0 aliphatic heterocycles. The minimum absolute atomic E-state index is 0.270. The zero-order chi connectivity index (χ0) is 13.4. The van der Waals surface area contributed by atoms with Crippen molar-refractivity contribution in [2.45, 2.75) is 32.5 Å². The van der Waals surface area contributed by atoms with Crippen molar-refractivity contribution >= 4 is 43.2 Å². The minimum Gasteiger partial charge on any atom is -0.143 e. The molecule has 3 heteroatoms. The number of alkyl halides is 1. The van der Waals surface area contributed by atoms with Gasteiger partial charge in [-0.2, -0.15) is 0 Å². The van der Waals surface area contributed by atoms with Crippen LogP contribution in [-0.4, -0.2) is 0 Å². The highest BCUT2D eigenvalue weighted by molar-refractivity contribution is 9.11. The predicted octanol–water partition coefficient (Wildman–Crippen LogP) is 6.23. The van der Waals surface area contributed by atoms with Crippen molar-refractivity contribution in [2.75, 3.05) is 0 Å². The van der Waals surface area contributed by atoms with Crippen molar-refractivity contribution in [3.63, 3.8) is 0 Å². The first-order chi connectivity index (χ1) is 8.40. The van der Waals surface area contributed by atoms with Crippen molar-refractivity contribution < 1.29 is 0 Å². The van der Waals surface area contributed by atoms with Crippen LogP contribution >= 0.6 is 43.2 Å². The smallest absolute Gasteiger partial charge is 0.0754 e. The van der Waals surface area contributed by atoms with Crippen LogP contribution in [0.25, 0.3) is 0 Å². The van der Waals surface area contributed by atoms with Gasteiger partial charge >= 0.3 is 0 Å². The van der Waals surface area contributed by atoms with E-state index in [0.29, 0.717) is 0 Å². The molecule has 1 aromatic carbocycles. The summed E-state index contributed by atoms with van der Waals surface area (Å²) in [5.41, 5.74) is 5.43. The quantitative estimate of drug-likeness (QED) is 0.535. The second kappa shape index (κ2) is 5.48. The molecule has 0 nitrogen and oxygen atoms in total. The molecule has 0 saturated heterocycles. The van der Waals surface area contributed by atoms with Gasteiger partial charge in [-0.05, 0) is 66.4 Å². The van der Waals surface area contributed by atoms with Gasteiger partial charge in [0.25, 0.3) is 0 Å². The zero-order valence-corrected chi connectivity index (χ0v) is 15.0. The largest absolute Gasteiger partial charge is 0.143 e. The van der Waals surface area contributed by atoms with Crippen LogP contribution in [0.3, 0.4) is 0 Å². The first-order valence-corrected chi connectivity index (χ1v) is 8.40. The van der Waals surface area contributed by atoms with E-state index in [9.17, 15) is 0 Å². The van der Waals surface area contributed by atoms with Crippen LogP contribution in [0.1, 0.15) is 36.8 Å². The predicted molar refractivity (Wildman–Crippen MR) is 88.2 cm³/mol. The summed E-state index contributed by atoms with van der Waals surface area (Å²) in [6, 6.07) is 6.70. The number of rotatable bonds is 2. The molecule has 0 radical (unpaired) electrons. The van der Waals surface area contributed by atoms with Gasteiger partial charge in [0.15, 0.2) is 0 Å². The Kier molecular flexibility index (Phi) is 4.35. The van der Waals surface area contributed by atoms with Crippen molar-refractivity contribution in [2.24, 2.45) is 0 Å². The van der Waals surface area contributed by atoms with E-state index in [2.05, 4.69) is 77.8 Å². The Bertz CT molecular complexity index is 561. The van der Waals surface area contributed by atoms with Crippen LogP contribution in [0.5, 0.6) is 0 Å². The first kappa shape index (κ1) is 14.3. The fourth-order valence-corrected chi connectivity index (χ4v) is 5.82. The number of hydrogen-bond donors (Lipinski definition) is 0. The third kappa shape index (κ3) is 2.73. The van der Waals surface area contributed by atoms with Gasteiger partial charge < -0.3 is 0 Å². The second-order valence-electron chi connectivity index (χ2n) is 4.74. The Morgan fingerprint density at radius 3 is 2.00 bits per heavy atom. The third-order valence-corrected chi connectivity index (χ3v) is 6.31. The highest BCUT2D eigenvalue weighted by Gasteiger charge is 2.20. The zero-order valence-electron chi connectivity index (χ0n) is 11.0. The van der Waals surface area contributed by atoms with Gasteiger partial charge in [0, 0.05) is 14.2 Å². The maximum atomic E-state index is 3.86. The number of halogens is 2. The van der Waals surface area contributed by atoms with E-state index in [1.165, 1.54) is 36.5 Å². The van der Waals surface area contributed by atoms with Gasteiger partial charge in [0.2, 0.25) is 0 Å². The molecule has 1 atom stereocenters. The molecule has 18 heavy (non-hydrogen) atoms. The van der Waals surface area contributed by atoms with E-state index in [4.69, 9.17) is 0 Å². The summed E-state index contributed by atoms with van der Waals surface area (Å²) in [6.45, 7) is 8.68. The Morgan fingerprint density at radius 2 is 1.56 bits per heavy atom. The molecule has 0 aliphatic rings. The van der Waals surface area contributed by atoms with Crippen molar-refractivity contribution in [3.8, 4) is 0 Å². The number of hydrogen-bond acceptors (Lipinski definition) is 1. The van der Waals surface area contributed by atoms with Crippen LogP contribution in [0.15, 0.2) is 22.7 Å². The summed E-state index contributed by atoms with van der Waals surface area (Å²) in [5.74, 6) is 0. The Morgan fingerprint density at radius 1 is 1.00 bits per heavy atom.